The van der Waals surface area contributed by atoms with Crippen molar-refractivity contribution in [2.45, 2.75) is 25.7 Å². The predicted octanol–water partition coefficient (Wildman–Crippen LogP) is 3.21. The Labute approximate surface area is 158 Å². The SMILES string of the molecule is Cc1nc(-c2ccccc2)ncc1C(=O)N1CCC(c2nccn2C)CC1. The van der Waals surface area contributed by atoms with Gasteiger partial charge in [-0.05, 0) is 19.8 Å². The van der Waals surface area contributed by atoms with Crippen molar-refractivity contribution in [1.29, 1.82) is 0 Å². The molecule has 138 valence electrons. The molecule has 27 heavy (non-hydrogen) atoms. The summed E-state index contributed by atoms with van der Waals surface area (Å²) in [5.41, 5.74) is 2.26. The van der Waals surface area contributed by atoms with Crippen LogP contribution in [0.3, 0.4) is 0 Å². The van der Waals surface area contributed by atoms with Gasteiger partial charge >= 0.3 is 0 Å². The average molecular weight is 361 g/mol. The molecule has 1 fully saturated rings. The van der Waals surface area contributed by atoms with Gasteiger partial charge in [-0.2, -0.15) is 0 Å². The average Bonchev–Trinajstić information content (AvgIpc) is 3.14. The molecule has 0 unspecified atom stereocenters. The smallest absolute Gasteiger partial charge is 0.257 e. The van der Waals surface area contributed by atoms with Crippen molar-refractivity contribution < 1.29 is 4.79 Å². The molecular formula is C21H23N5O. The number of carbonyl (C=O) groups is 1. The zero-order chi connectivity index (χ0) is 18.8. The van der Waals surface area contributed by atoms with E-state index in [0.29, 0.717) is 17.3 Å². The number of piperidine rings is 1. The Kier molecular flexibility index (Phi) is 4.71. The molecule has 1 amide bonds. The number of carbonyl (C=O) groups excluding carboxylic acids is 1. The monoisotopic (exact) mass is 361 g/mol. The van der Waals surface area contributed by atoms with E-state index < -0.39 is 0 Å². The van der Waals surface area contributed by atoms with Crippen molar-refractivity contribution in [1.82, 2.24) is 24.4 Å². The number of hydrogen-bond donors (Lipinski definition) is 0. The Morgan fingerprint density at radius 2 is 1.85 bits per heavy atom. The minimum atomic E-state index is 0.0189. The van der Waals surface area contributed by atoms with Crippen LogP contribution in [0, 0.1) is 6.92 Å². The van der Waals surface area contributed by atoms with Crippen molar-refractivity contribution in [2.75, 3.05) is 13.1 Å². The van der Waals surface area contributed by atoms with Crippen LogP contribution in [0.25, 0.3) is 11.4 Å². The number of likely N-dealkylation sites (tertiary alicyclic amines) is 1. The van der Waals surface area contributed by atoms with Crippen molar-refractivity contribution in [2.24, 2.45) is 7.05 Å². The van der Waals surface area contributed by atoms with Crippen molar-refractivity contribution in [3.8, 4) is 11.4 Å². The zero-order valence-corrected chi connectivity index (χ0v) is 15.7. The molecule has 0 atom stereocenters. The number of aryl methyl sites for hydroxylation is 2. The number of imidazole rings is 1. The lowest BCUT2D eigenvalue weighted by Crippen LogP contribution is -2.38. The van der Waals surface area contributed by atoms with Gasteiger partial charge in [0, 0.05) is 50.2 Å². The van der Waals surface area contributed by atoms with E-state index >= 15 is 0 Å². The van der Waals surface area contributed by atoms with Crippen molar-refractivity contribution in [3.63, 3.8) is 0 Å². The molecule has 0 bridgehead atoms. The van der Waals surface area contributed by atoms with E-state index in [4.69, 9.17) is 0 Å². The van der Waals surface area contributed by atoms with Gasteiger partial charge in [0.1, 0.15) is 5.82 Å². The van der Waals surface area contributed by atoms with Gasteiger partial charge < -0.3 is 9.47 Å². The van der Waals surface area contributed by atoms with Crippen LogP contribution >= 0.6 is 0 Å². The Hall–Kier alpha value is -3.02. The molecule has 2 aromatic heterocycles. The zero-order valence-electron chi connectivity index (χ0n) is 15.7. The number of nitrogens with zero attached hydrogens (tertiary/aromatic N) is 5. The fourth-order valence-corrected chi connectivity index (χ4v) is 3.68. The van der Waals surface area contributed by atoms with Crippen LogP contribution in [0.1, 0.15) is 40.6 Å². The van der Waals surface area contributed by atoms with E-state index in [1.807, 2.05) is 61.6 Å². The first-order chi connectivity index (χ1) is 13.1. The highest BCUT2D eigenvalue weighted by molar-refractivity contribution is 5.95. The van der Waals surface area contributed by atoms with Crippen molar-refractivity contribution >= 4 is 5.91 Å². The van der Waals surface area contributed by atoms with E-state index in [1.54, 1.807) is 6.20 Å². The van der Waals surface area contributed by atoms with Gasteiger partial charge in [0.15, 0.2) is 5.82 Å². The summed E-state index contributed by atoms with van der Waals surface area (Å²) in [4.78, 5) is 28.3. The summed E-state index contributed by atoms with van der Waals surface area (Å²) >= 11 is 0. The van der Waals surface area contributed by atoms with Gasteiger partial charge in [0.05, 0.1) is 11.3 Å². The minimum absolute atomic E-state index is 0.0189. The van der Waals surface area contributed by atoms with Crippen LogP contribution in [0.5, 0.6) is 0 Å². The van der Waals surface area contributed by atoms with E-state index in [9.17, 15) is 4.79 Å². The number of aromatic nitrogens is 4. The van der Waals surface area contributed by atoms with Crippen LogP contribution in [-0.2, 0) is 7.05 Å². The summed E-state index contributed by atoms with van der Waals surface area (Å²) in [6.45, 7) is 3.34. The van der Waals surface area contributed by atoms with Crippen LogP contribution < -0.4 is 0 Å². The van der Waals surface area contributed by atoms with Gasteiger partial charge in [-0.1, -0.05) is 30.3 Å². The molecule has 6 nitrogen and oxygen atoms in total. The third-order valence-electron chi connectivity index (χ3n) is 5.25. The lowest BCUT2D eigenvalue weighted by Gasteiger charge is -2.32. The Balaban J connectivity index is 1.47. The van der Waals surface area contributed by atoms with E-state index in [2.05, 4.69) is 19.5 Å². The molecule has 0 radical (unpaired) electrons. The second-order valence-electron chi connectivity index (χ2n) is 7.02. The normalized spacial score (nSPS) is 15.1. The number of hydrogen-bond acceptors (Lipinski definition) is 4. The van der Waals surface area contributed by atoms with Crippen molar-refractivity contribution in [3.05, 3.63) is 66.0 Å². The topological polar surface area (TPSA) is 63.9 Å². The lowest BCUT2D eigenvalue weighted by atomic mass is 9.95. The molecule has 3 heterocycles. The quantitative estimate of drug-likeness (QED) is 0.719. The van der Waals surface area contributed by atoms with Crippen LogP contribution in [0.4, 0.5) is 0 Å². The highest BCUT2D eigenvalue weighted by Gasteiger charge is 2.27. The maximum atomic E-state index is 13.0. The summed E-state index contributed by atoms with van der Waals surface area (Å²) < 4.78 is 2.07. The first-order valence-corrected chi connectivity index (χ1v) is 9.29. The fourth-order valence-electron chi connectivity index (χ4n) is 3.68. The highest BCUT2D eigenvalue weighted by Crippen LogP contribution is 2.27. The van der Waals surface area contributed by atoms with Crippen LogP contribution in [0.15, 0.2) is 48.9 Å². The largest absolute Gasteiger partial charge is 0.338 e. The molecule has 0 spiro atoms. The second kappa shape index (κ2) is 7.31. The molecule has 0 N–H and O–H groups in total. The Morgan fingerprint density at radius 3 is 2.48 bits per heavy atom. The van der Waals surface area contributed by atoms with Gasteiger partial charge in [-0.25, -0.2) is 15.0 Å². The third kappa shape index (κ3) is 3.47. The number of amides is 1. The molecular weight excluding hydrogens is 338 g/mol. The molecule has 1 saturated heterocycles. The molecule has 6 heteroatoms. The molecule has 0 aliphatic carbocycles. The third-order valence-corrected chi connectivity index (χ3v) is 5.25. The minimum Gasteiger partial charge on any atom is -0.338 e. The number of benzene rings is 1. The Morgan fingerprint density at radius 1 is 1.11 bits per heavy atom. The predicted molar refractivity (Wildman–Crippen MR) is 103 cm³/mol. The highest BCUT2D eigenvalue weighted by atomic mass is 16.2. The van der Waals surface area contributed by atoms with Gasteiger partial charge in [0.2, 0.25) is 0 Å². The summed E-state index contributed by atoms with van der Waals surface area (Å²) in [7, 11) is 2.02. The molecule has 1 aromatic carbocycles. The maximum absolute atomic E-state index is 13.0. The van der Waals surface area contributed by atoms with Gasteiger partial charge in [0.25, 0.3) is 5.91 Å². The van der Waals surface area contributed by atoms with E-state index in [1.165, 1.54) is 0 Å². The van der Waals surface area contributed by atoms with E-state index in [-0.39, 0.29) is 5.91 Å². The molecule has 0 saturated carbocycles. The summed E-state index contributed by atoms with van der Waals surface area (Å²) in [5.74, 6) is 2.18. The maximum Gasteiger partial charge on any atom is 0.257 e. The summed E-state index contributed by atoms with van der Waals surface area (Å²) in [5, 5.41) is 0. The summed E-state index contributed by atoms with van der Waals surface area (Å²) in [6.07, 6.45) is 7.33. The first-order valence-electron chi connectivity index (χ1n) is 9.29. The second-order valence-corrected chi connectivity index (χ2v) is 7.02. The molecule has 4 rings (SSSR count). The van der Waals surface area contributed by atoms with Crippen LogP contribution in [-0.4, -0.2) is 43.4 Å². The van der Waals surface area contributed by atoms with Gasteiger partial charge in [-0.3, -0.25) is 4.79 Å². The standard InChI is InChI=1S/C21H23N5O/c1-15-18(14-23-19(24-15)16-6-4-3-5-7-16)21(27)26-11-8-17(9-12-26)20-22-10-13-25(20)2/h3-7,10,13-14,17H,8-9,11-12H2,1-2H3. The fraction of sp³-hybridized carbons (Fsp3) is 0.333. The van der Waals surface area contributed by atoms with Crippen LogP contribution in [0.2, 0.25) is 0 Å². The summed E-state index contributed by atoms with van der Waals surface area (Å²) in [6, 6.07) is 9.82. The molecule has 1 aliphatic rings. The van der Waals surface area contributed by atoms with E-state index in [0.717, 1.165) is 43.0 Å². The van der Waals surface area contributed by atoms with Gasteiger partial charge in [-0.15, -0.1) is 0 Å². The lowest BCUT2D eigenvalue weighted by molar-refractivity contribution is 0.0709. The molecule has 3 aromatic rings. The Bertz CT molecular complexity index is 942. The first kappa shape index (κ1) is 17.4. The molecule has 1 aliphatic heterocycles. The number of rotatable bonds is 3.